The van der Waals surface area contributed by atoms with Gasteiger partial charge in [0.05, 0.1) is 11.6 Å². The van der Waals surface area contributed by atoms with Crippen LogP contribution in [0.5, 0.6) is 0 Å². The first kappa shape index (κ1) is 12.7. The molecule has 15 heavy (non-hydrogen) atoms. The molecule has 1 aromatic heterocycles. The largest absolute Gasteiger partial charge is 0.295 e. The zero-order chi connectivity index (χ0) is 11.5. The van der Waals surface area contributed by atoms with Gasteiger partial charge in [0.2, 0.25) is 0 Å². The van der Waals surface area contributed by atoms with Crippen LogP contribution in [0.25, 0.3) is 0 Å². The third-order valence-electron chi connectivity index (χ3n) is 2.01. The van der Waals surface area contributed by atoms with Crippen LogP contribution in [0.4, 0.5) is 0 Å². The lowest BCUT2D eigenvalue weighted by molar-refractivity contribution is -0.0947. The van der Waals surface area contributed by atoms with Crippen molar-refractivity contribution in [2.75, 3.05) is 0 Å². The molecule has 0 bridgehead atoms. The van der Waals surface area contributed by atoms with E-state index in [1.54, 1.807) is 11.3 Å². The van der Waals surface area contributed by atoms with Gasteiger partial charge in [-0.2, -0.15) is 5.48 Å². The fourth-order valence-corrected chi connectivity index (χ4v) is 2.17. The van der Waals surface area contributed by atoms with Gasteiger partial charge in [-0.15, -0.1) is 11.3 Å². The first-order chi connectivity index (χ1) is 6.90. The molecule has 1 N–H and O–H groups in total. The maximum absolute atomic E-state index is 5.63. The second-order valence-corrected chi connectivity index (χ2v) is 6.05. The van der Waals surface area contributed by atoms with Crippen molar-refractivity contribution < 1.29 is 4.84 Å². The van der Waals surface area contributed by atoms with Crippen LogP contribution in [0.3, 0.4) is 0 Å². The molecule has 0 aliphatic carbocycles. The summed E-state index contributed by atoms with van der Waals surface area (Å²) in [5.74, 6) is 0.519. The molecule has 0 aliphatic rings. The Morgan fingerprint density at radius 1 is 1.33 bits per heavy atom. The van der Waals surface area contributed by atoms with E-state index in [2.05, 4.69) is 36.8 Å². The Balaban J connectivity index is 2.61. The Morgan fingerprint density at radius 2 is 2.00 bits per heavy atom. The molecule has 0 aromatic carbocycles. The van der Waals surface area contributed by atoms with Crippen molar-refractivity contribution in [3.05, 3.63) is 22.4 Å². The number of rotatable bonds is 4. The molecule has 0 amide bonds. The summed E-state index contributed by atoms with van der Waals surface area (Å²) in [6, 6.07) is 4.51. The Hall–Kier alpha value is -0.380. The van der Waals surface area contributed by atoms with E-state index in [9.17, 15) is 0 Å². The van der Waals surface area contributed by atoms with Gasteiger partial charge >= 0.3 is 0 Å². The molecule has 1 unspecified atom stereocenters. The van der Waals surface area contributed by atoms with Crippen molar-refractivity contribution >= 4 is 11.3 Å². The minimum atomic E-state index is -0.148. The van der Waals surface area contributed by atoms with Gasteiger partial charge < -0.3 is 0 Å². The average Bonchev–Trinajstić information content (AvgIpc) is 2.54. The number of hydrogen-bond acceptors (Lipinski definition) is 3. The molecule has 1 heterocycles. The Bertz CT molecular complexity index is 274. The second kappa shape index (κ2) is 5.10. The van der Waals surface area contributed by atoms with Crippen LogP contribution < -0.4 is 5.48 Å². The van der Waals surface area contributed by atoms with E-state index in [1.165, 1.54) is 4.88 Å². The lowest BCUT2D eigenvalue weighted by Crippen LogP contribution is -2.33. The first-order valence-electron chi connectivity index (χ1n) is 5.37. The molecule has 3 heteroatoms. The highest BCUT2D eigenvalue weighted by Gasteiger charge is 2.20. The van der Waals surface area contributed by atoms with Gasteiger partial charge in [-0.05, 0) is 38.1 Å². The smallest absolute Gasteiger partial charge is 0.0813 e. The molecule has 0 fully saturated rings. The molecule has 0 saturated carbocycles. The van der Waals surface area contributed by atoms with Gasteiger partial charge in [-0.25, -0.2) is 0 Å². The molecular formula is C12H21NOS. The number of hydroxylamine groups is 1. The predicted molar refractivity (Wildman–Crippen MR) is 65.9 cm³/mol. The number of hydrogen-bond donors (Lipinski definition) is 1. The van der Waals surface area contributed by atoms with E-state index in [0.29, 0.717) is 5.92 Å². The van der Waals surface area contributed by atoms with Crippen molar-refractivity contribution in [3.63, 3.8) is 0 Å². The highest BCUT2D eigenvalue weighted by Crippen LogP contribution is 2.26. The van der Waals surface area contributed by atoms with E-state index in [-0.39, 0.29) is 11.6 Å². The van der Waals surface area contributed by atoms with E-state index in [1.807, 2.05) is 20.8 Å². The number of thiophene rings is 1. The Labute approximate surface area is 96.6 Å². The Kier molecular flexibility index (Phi) is 4.32. The van der Waals surface area contributed by atoms with Gasteiger partial charge in [0.15, 0.2) is 0 Å². The van der Waals surface area contributed by atoms with Gasteiger partial charge in [0.25, 0.3) is 0 Å². The fraction of sp³-hybridized carbons (Fsp3) is 0.667. The maximum atomic E-state index is 5.63. The molecule has 0 saturated heterocycles. The molecule has 1 rings (SSSR count). The van der Waals surface area contributed by atoms with Crippen LogP contribution in [-0.4, -0.2) is 5.60 Å². The summed E-state index contributed by atoms with van der Waals surface area (Å²) in [5.41, 5.74) is 3.02. The third kappa shape index (κ3) is 4.33. The Morgan fingerprint density at radius 3 is 2.40 bits per heavy atom. The highest BCUT2D eigenvalue weighted by molar-refractivity contribution is 7.10. The van der Waals surface area contributed by atoms with Crippen LogP contribution in [0.15, 0.2) is 17.5 Å². The van der Waals surface area contributed by atoms with E-state index >= 15 is 0 Å². The van der Waals surface area contributed by atoms with E-state index in [0.717, 1.165) is 0 Å². The summed E-state index contributed by atoms with van der Waals surface area (Å²) in [6.07, 6.45) is 0. The first-order valence-corrected chi connectivity index (χ1v) is 6.25. The monoisotopic (exact) mass is 227 g/mol. The van der Waals surface area contributed by atoms with Crippen molar-refractivity contribution in [2.24, 2.45) is 5.92 Å². The molecule has 0 radical (unpaired) electrons. The normalized spacial score (nSPS) is 14.5. The molecule has 0 aliphatic heterocycles. The molecule has 2 nitrogen and oxygen atoms in total. The summed E-state index contributed by atoms with van der Waals surface area (Å²) in [5, 5.41) is 2.10. The fourth-order valence-electron chi connectivity index (χ4n) is 1.23. The molecule has 1 aromatic rings. The van der Waals surface area contributed by atoms with Gasteiger partial charge in [-0.3, -0.25) is 4.84 Å². The minimum absolute atomic E-state index is 0.148. The summed E-state index contributed by atoms with van der Waals surface area (Å²) >= 11 is 1.77. The van der Waals surface area contributed by atoms with Crippen LogP contribution in [0.1, 0.15) is 45.5 Å². The van der Waals surface area contributed by atoms with Crippen molar-refractivity contribution in [2.45, 2.75) is 46.3 Å². The SMILES string of the molecule is CC(C)C(NOC(C)(C)C)c1cccs1. The van der Waals surface area contributed by atoms with Gasteiger partial charge in [0, 0.05) is 4.88 Å². The second-order valence-electron chi connectivity index (χ2n) is 5.07. The highest BCUT2D eigenvalue weighted by atomic mass is 32.1. The quantitative estimate of drug-likeness (QED) is 0.791. The van der Waals surface area contributed by atoms with Crippen LogP contribution in [-0.2, 0) is 4.84 Å². The molecular weight excluding hydrogens is 206 g/mol. The lowest BCUT2D eigenvalue weighted by Gasteiger charge is -2.26. The lowest BCUT2D eigenvalue weighted by atomic mass is 10.0. The summed E-state index contributed by atoms with van der Waals surface area (Å²) in [6.45, 7) is 10.5. The van der Waals surface area contributed by atoms with Crippen LogP contribution in [0, 0.1) is 5.92 Å². The maximum Gasteiger partial charge on any atom is 0.0813 e. The summed E-state index contributed by atoms with van der Waals surface area (Å²) in [4.78, 5) is 6.96. The topological polar surface area (TPSA) is 21.3 Å². The predicted octanol–water partition coefficient (Wildman–Crippen LogP) is 3.76. The van der Waals surface area contributed by atoms with E-state index < -0.39 is 0 Å². The average molecular weight is 227 g/mol. The molecule has 0 spiro atoms. The number of nitrogens with one attached hydrogen (secondary N) is 1. The van der Waals surface area contributed by atoms with Crippen molar-refractivity contribution in [1.29, 1.82) is 0 Å². The van der Waals surface area contributed by atoms with Crippen molar-refractivity contribution in [3.8, 4) is 0 Å². The summed E-state index contributed by atoms with van der Waals surface area (Å²) < 4.78 is 0. The standard InChI is InChI=1S/C12H21NOS/c1-9(2)11(10-7-6-8-15-10)13-14-12(3,4)5/h6-9,11,13H,1-5H3. The molecule has 86 valence electrons. The molecule has 1 atom stereocenters. The van der Waals surface area contributed by atoms with Crippen molar-refractivity contribution in [1.82, 2.24) is 5.48 Å². The zero-order valence-electron chi connectivity index (χ0n) is 10.2. The van der Waals surface area contributed by atoms with Crippen LogP contribution in [0.2, 0.25) is 0 Å². The zero-order valence-corrected chi connectivity index (χ0v) is 11.0. The minimum Gasteiger partial charge on any atom is -0.295 e. The van der Waals surface area contributed by atoms with Gasteiger partial charge in [-0.1, -0.05) is 19.9 Å². The summed E-state index contributed by atoms with van der Waals surface area (Å²) in [7, 11) is 0. The third-order valence-corrected chi connectivity index (χ3v) is 2.96. The van der Waals surface area contributed by atoms with Crippen LogP contribution >= 0.6 is 11.3 Å². The van der Waals surface area contributed by atoms with Gasteiger partial charge in [0.1, 0.15) is 0 Å². The van der Waals surface area contributed by atoms with E-state index in [4.69, 9.17) is 4.84 Å².